The van der Waals surface area contributed by atoms with Gasteiger partial charge in [0.2, 0.25) is 0 Å². The van der Waals surface area contributed by atoms with Gasteiger partial charge in [-0.2, -0.15) is 0 Å². The van der Waals surface area contributed by atoms with Crippen LogP contribution in [0.2, 0.25) is 0 Å². The number of rotatable bonds is 5. The topological polar surface area (TPSA) is 32.3 Å². The zero-order valence-electron chi connectivity index (χ0n) is 15.3. The lowest BCUT2D eigenvalue weighted by Crippen LogP contribution is -2.33. The zero-order valence-corrected chi connectivity index (χ0v) is 15.3. The van der Waals surface area contributed by atoms with E-state index in [9.17, 15) is 4.79 Å². The molecule has 132 valence electrons. The lowest BCUT2D eigenvalue weighted by Gasteiger charge is -2.30. The number of aryl methyl sites for hydroxylation is 1. The largest absolute Gasteiger partial charge is 0.348 e. The van der Waals surface area contributed by atoms with E-state index in [1.54, 1.807) is 0 Å². The maximum absolute atomic E-state index is 12.3. The Hall–Kier alpha value is -2.13. The number of carbonyl (C=O) groups excluding carboxylic acids is 1. The van der Waals surface area contributed by atoms with Gasteiger partial charge in [0.05, 0.1) is 0 Å². The van der Waals surface area contributed by atoms with Crippen LogP contribution in [0.25, 0.3) is 0 Å². The van der Waals surface area contributed by atoms with Gasteiger partial charge in [0, 0.05) is 25.2 Å². The molecule has 2 aromatic carbocycles. The van der Waals surface area contributed by atoms with Gasteiger partial charge in [-0.1, -0.05) is 48.9 Å². The third kappa shape index (κ3) is 5.17. The van der Waals surface area contributed by atoms with Crippen molar-refractivity contribution in [3.05, 3.63) is 70.8 Å². The Labute approximate surface area is 151 Å². The minimum absolute atomic E-state index is 0.0142. The van der Waals surface area contributed by atoms with Crippen molar-refractivity contribution in [3.63, 3.8) is 0 Å². The number of piperidine rings is 1. The van der Waals surface area contributed by atoms with E-state index in [0.29, 0.717) is 6.54 Å². The van der Waals surface area contributed by atoms with Gasteiger partial charge < -0.3 is 5.32 Å². The number of likely N-dealkylation sites (tertiary alicyclic amines) is 1. The Morgan fingerprint density at radius 1 is 1.16 bits per heavy atom. The van der Waals surface area contributed by atoms with E-state index in [-0.39, 0.29) is 5.91 Å². The van der Waals surface area contributed by atoms with Crippen LogP contribution in [0.3, 0.4) is 0 Å². The quantitative estimate of drug-likeness (QED) is 0.889. The number of hydrogen-bond acceptors (Lipinski definition) is 2. The molecule has 1 fully saturated rings. The summed E-state index contributed by atoms with van der Waals surface area (Å²) in [6, 6.07) is 16.3. The van der Waals surface area contributed by atoms with Crippen molar-refractivity contribution in [2.75, 3.05) is 13.1 Å². The van der Waals surface area contributed by atoms with Gasteiger partial charge in [-0.15, -0.1) is 0 Å². The number of nitrogens with one attached hydrogen (secondary N) is 1. The highest BCUT2D eigenvalue weighted by atomic mass is 16.1. The van der Waals surface area contributed by atoms with E-state index in [1.165, 1.54) is 37.1 Å². The first kappa shape index (κ1) is 17.7. The molecule has 0 unspecified atom stereocenters. The lowest BCUT2D eigenvalue weighted by atomic mass is 9.99. The first-order valence-corrected chi connectivity index (χ1v) is 9.25. The molecule has 3 rings (SSSR count). The summed E-state index contributed by atoms with van der Waals surface area (Å²) < 4.78 is 0. The Morgan fingerprint density at radius 2 is 1.96 bits per heavy atom. The minimum Gasteiger partial charge on any atom is -0.348 e. The van der Waals surface area contributed by atoms with E-state index in [1.807, 2.05) is 24.3 Å². The SMILES string of the molecule is Cc1cccc(CNC(=O)c2ccc(CN3CCC[C@H](C)C3)cc2)c1. The van der Waals surface area contributed by atoms with Crippen LogP contribution in [0.5, 0.6) is 0 Å². The first-order valence-electron chi connectivity index (χ1n) is 9.25. The summed E-state index contributed by atoms with van der Waals surface area (Å²) in [7, 11) is 0. The van der Waals surface area contributed by atoms with Gasteiger partial charge in [0.1, 0.15) is 0 Å². The maximum atomic E-state index is 12.3. The molecule has 1 aliphatic heterocycles. The third-order valence-corrected chi connectivity index (χ3v) is 4.90. The predicted octanol–water partition coefficient (Wildman–Crippen LogP) is 4.16. The summed E-state index contributed by atoms with van der Waals surface area (Å²) in [6.07, 6.45) is 2.64. The van der Waals surface area contributed by atoms with E-state index >= 15 is 0 Å². The molecule has 1 N–H and O–H groups in total. The van der Waals surface area contributed by atoms with Gasteiger partial charge in [-0.3, -0.25) is 9.69 Å². The molecular weight excluding hydrogens is 308 g/mol. The van der Waals surface area contributed by atoms with Crippen molar-refractivity contribution in [3.8, 4) is 0 Å². The summed E-state index contributed by atoms with van der Waals surface area (Å²) >= 11 is 0. The maximum Gasteiger partial charge on any atom is 0.251 e. The normalized spacial score (nSPS) is 18.1. The van der Waals surface area contributed by atoms with Crippen molar-refractivity contribution in [2.45, 2.75) is 39.8 Å². The van der Waals surface area contributed by atoms with Gasteiger partial charge in [0.25, 0.3) is 5.91 Å². The van der Waals surface area contributed by atoms with E-state index in [2.05, 4.69) is 48.3 Å². The molecule has 0 saturated carbocycles. The number of hydrogen-bond donors (Lipinski definition) is 1. The van der Waals surface area contributed by atoms with Crippen molar-refractivity contribution < 1.29 is 4.79 Å². The summed E-state index contributed by atoms with van der Waals surface area (Å²) in [5.74, 6) is 0.778. The van der Waals surface area contributed by atoms with Gasteiger partial charge in [0.15, 0.2) is 0 Å². The summed E-state index contributed by atoms with van der Waals surface area (Å²) in [5, 5.41) is 3.00. The smallest absolute Gasteiger partial charge is 0.251 e. The number of carbonyl (C=O) groups is 1. The van der Waals surface area contributed by atoms with Crippen LogP contribution < -0.4 is 5.32 Å². The van der Waals surface area contributed by atoms with E-state index in [0.717, 1.165) is 23.6 Å². The Morgan fingerprint density at radius 3 is 2.68 bits per heavy atom. The van der Waals surface area contributed by atoms with Crippen LogP contribution in [0.4, 0.5) is 0 Å². The molecule has 1 amide bonds. The highest BCUT2D eigenvalue weighted by Gasteiger charge is 2.16. The fraction of sp³-hybridized carbons (Fsp3) is 0.409. The minimum atomic E-state index is -0.0142. The zero-order chi connectivity index (χ0) is 17.6. The fourth-order valence-corrected chi connectivity index (χ4v) is 3.56. The Balaban J connectivity index is 1.53. The van der Waals surface area contributed by atoms with Gasteiger partial charge in [-0.05, 0) is 55.5 Å². The molecule has 3 heteroatoms. The van der Waals surface area contributed by atoms with Gasteiger partial charge >= 0.3 is 0 Å². The van der Waals surface area contributed by atoms with Crippen molar-refractivity contribution in [1.29, 1.82) is 0 Å². The third-order valence-electron chi connectivity index (χ3n) is 4.90. The molecule has 0 bridgehead atoms. The summed E-state index contributed by atoms with van der Waals surface area (Å²) in [5.41, 5.74) is 4.35. The van der Waals surface area contributed by atoms with Crippen molar-refractivity contribution in [2.24, 2.45) is 5.92 Å². The molecule has 0 aliphatic carbocycles. The van der Waals surface area contributed by atoms with E-state index < -0.39 is 0 Å². The Bertz CT molecular complexity index is 708. The van der Waals surface area contributed by atoms with Crippen LogP contribution in [0, 0.1) is 12.8 Å². The molecule has 1 heterocycles. The molecule has 0 aromatic heterocycles. The molecular formula is C22H28N2O. The molecule has 1 saturated heterocycles. The van der Waals surface area contributed by atoms with Crippen molar-refractivity contribution >= 4 is 5.91 Å². The number of nitrogens with zero attached hydrogens (tertiary/aromatic N) is 1. The number of benzene rings is 2. The second-order valence-electron chi connectivity index (χ2n) is 7.35. The highest BCUT2D eigenvalue weighted by molar-refractivity contribution is 5.94. The lowest BCUT2D eigenvalue weighted by molar-refractivity contribution is 0.0951. The van der Waals surface area contributed by atoms with E-state index in [4.69, 9.17) is 0 Å². The molecule has 1 atom stereocenters. The molecule has 3 nitrogen and oxygen atoms in total. The van der Waals surface area contributed by atoms with Crippen LogP contribution in [0.1, 0.15) is 46.8 Å². The van der Waals surface area contributed by atoms with Crippen LogP contribution in [-0.4, -0.2) is 23.9 Å². The highest BCUT2D eigenvalue weighted by Crippen LogP contribution is 2.18. The first-order chi connectivity index (χ1) is 12.1. The summed E-state index contributed by atoms with van der Waals surface area (Å²) in [4.78, 5) is 14.8. The Kier molecular flexibility index (Phi) is 5.87. The average Bonchev–Trinajstić information content (AvgIpc) is 2.60. The second-order valence-corrected chi connectivity index (χ2v) is 7.35. The van der Waals surface area contributed by atoms with Crippen LogP contribution in [-0.2, 0) is 13.1 Å². The molecule has 2 aromatic rings. The molecule has 1 aliphatic rings. The second kappa shape index (κ2) is 8.30. The standard InChI is InChI=1S/C22H28N2O/c1-17-5-3-7-20(13-17)14-23-22(25)21-10-8-19(9-11-21)16-24-12-4-6-18(2)15-24/h3,5,7-11,13,18H,4,6,12,14-16H2,1-2H3,(H,23,25)/t18-/m0/s1. The van der Waals surface area contributed by atoms with Gasteiger partial charge in [-0.25, -0.2) is 0 Å². The van der Waals surface area contributed by atoms with Crippen LogP contribution >= 0.6 is 0 Å². The molecule has 0 spiro atoms. The monoisotopic (exact) mass is 336 g/mol. The summed E-state index contributed by atoms with van der Waals surface area (Å²) in [6.45, 7) is 8.30. The molecule has 0 radical (unpaired) electrons. The fourth-order valence-electron chi connectivity index (χ4n) is 3.56. The van der Waals surface area contributed by atoms with Crippen LogP contribution in [0.15, 0.2) is 48.5 Å². The van der Waals surface area contributed by atoms with Crippen molar-refractivity contribution in [1.82, 2.24) is 10.2 Å². The number of amides is 1. The predicted molar refractivity (Wildman–Crippen MR) is 102 cm³/mol. The average molecular weight is 336 g/mol. The molecule has 25 heavy (non-hydrogen) atoms.